The number of hydrogen-bond donors (Lipinski definition) is 0. The van der Waals surface area contributed by atoms with Gasteiger partial charge in [-0.3, -0.25) is 14.5 Å². The van der Waals surface area contributed by atoms with Crippen molar-refractivity contribution in [1.29, 1.82) is 0 Å². The Morgan fingerprint density at radius 1 is 1.00 bits per heavy atom. The highest BCUT2D eigenvalue weighted by atomic mass is 16.2. The minimum atomic E-state index is 0.102. The summed E-state index contributed by atoms with van der Waals surface area (Å²) < 4.78 is 1.91. The number of fused-ring (bicyclic) bond motifs is 2. The summed E-state index contributed by atoms with van der Waals surface area (Å²) in [4.78, 5) is 19.6. The monoisotopic (exact) mass is 382 g/mol. The second-order valence-corrected chi connectivity index (χ2v) is 7.39. The molecule has 1 amide bonds. The van der Waals surface area contributed by atoms with E-state index in [1.807, 2.05) is 52.3 Å². The van der Waals surface area contributed by atoms with Gasteiger partial charge in [0.05, 0.1) is 11.7 Å². The molecule has 144 valence electrons. The van der Waals surface area contributed by atoms with Crippen molar-refractivity contribution in [3.05, 3.63) is 83.8 Å². The third-order valence-electron chi connectivity index (χ3n) is 5.60. The molecule has 3 heterocycles. The van der Waals surface area contributed by atoms with Gasteiger partial charge in [0.25, 0.3) is 5.91 Å². The summed E-state index contributed by atoms with van der Waals surface area (Å²) in [5.41, 5.74) is 6.07. The number of carbonyl (C=O) groups is 1. The molecule has 4 aromatic rings. The summed E-state index contributed by atoms with van der Waals surface area (Å²) in [6.07, 6.45) is 4.67. The fourth-order valence-corrected chi connectivity index (χ4v) is 4.01. The number of nitrogens with zero attached hydrogens (tertiary/aromatic N) is 4. The summed E-state index contributed by atoms with van der Waals surface area (Å²) in [5, 5.41) is 5.52. The molecule has 1 aliphatic rings. The molecular formula is C24H22N4O. The molecule has 2 aromatic carbocycles. The second-order valence-electron chi connectivity index (χ2n) is 7.39. The summed E-state index contributed by atoms with van der Waals surface area (Å²) >= 11 is 0. The van der Waals surface area contributed by atoms with E-state index >= 15 is 0 Å². The Morgan fingerprint density at radius 3 is 2.72 bits per heavy atom. The Balaban J connectivity index is 1.36. The number of aryl methyl sites for hydroxylation is 1. The number of pyridine rings is 1. The molecule has 0 unspecified atom stereocenters. The Bertz CT molecular complexity index is 1210. The van der Waals surface area contributed by atoms with Crippen LogP contribution in [0.1, 0.15) is 28.5 Å². The summed E-state index contributed by atoms with van der Waals surface area (Å²) in [5.74, 6) is 0.102. The van der Waals surface area contributed by atoms with Crippen LogP contribution in [0.3, 0.4) is 0 Å². The van der Waals surface area contributed by atoms with E-state index in [0.717, 1.165) is 51.8 Å². The van der Waals surface area contributed by atoms with Crippen molar-refractivity contribution in [2.75, 3.05) is 6.54 Å². The van der Waals surface area contributed by atoms with Crippen LogP contribution in [-0.2, 0) is 19.5 Å². The molecule has 0 radical (unpaired) electrons. The van der Waals surface area contributed by atoms with E-state index < -0.39 is 0 Å². The zero-order valence-electron chi connectivity index (χ0n) is 16.4. The fraction of sp³-hybridized carbons (Fsp3) is 0.208. The van der Waals surface area contributed by atoms with Crippen LogP contribution in [0, 0.1) is 0 Å². The van der Waals surface area contributed by atoms with E-state index in [1.165, 1.54) is 0 Å². The summed E-state index contributed by atoms with van der Waals surface area (Å²) in [6.45, 7) is 4.19. The maximum Gasteiger partial charge on any atom is 0.254 e. The van der Waals surface area contributed by atoms with Gasteiger partial charge in [-0.1, -0.05) is 36.4 Å². The zero-order chi connectivity index (χ0) is 19.8. The van der Waals surface area contributed by atoms with Crippen LogP contribution in [-0.4, -0.2) is 32.1 Å². The third kappa shape index (κ3) is 3.18. The first kappa shape index (κ1) is 17.6. The number of carbonyl (C=O) groups excluding carboxylic acids is 1. The molecule has 0 saturated heterocycles. The summed E-state index contributed by atoms with van der Waals surface area (Å²) in [6, 6.07) is 18.2. The van der Waals surface area contributed by atoms with Crippen molar-refractivity contribution in [3.63, 3.8) is 0 Å². The van der Waals surface area contributed by atoms with Crippen LogP contribution in [0.4, 0.5) is 0 Å². The van der Waals surface area contributed by atoms with E-state index in [0.29, 0.717) is 13.1 Å². The van der Waals surface area contributed by atoms with Gasteiger partial charge in [-0.05, 0) is 36.2 Å². The van der Waals surface area contributed by atoms with Crippen molar-refractivity contribution < 1.29 is 4.79 Å². The SMILES string of the molecule is CCn1cc(-c2cccc3c2CN(CCc2ccc4ccccc4n2)C3=O)cn1. The standard InChI is InChI=1S/C24H22N4O/c1-2-28-15-18(14-25-28)20-7-5-8-21-22(20)16-27(24(21)29)13-12-19-11-10-17-6-3-4-9-23(17)26-19/h3-11,14-15H,2,12-13,16H2,1H3. The smallest absolute Gasteiger partial charge is 0.254 e. The quantitative estimate of drug-likeness (QED) is 0.517. The van der Waals surface area contributed by atoms with Crippen molar-refractivity contribution in [1.82, 2.24) is 19.7 Å². The second kappa shape index (κ2) is 7.17. The number of aromatic nitrogens is 3. The van der Waals surface area contributed by atoms with Crippen molar-refractivity contribution in [3.8, 4) is 11.1 Å². The Kier molecular flexibility index (Phi) is 4.35. The topological polar surface area (TPSA) is 51.0 Å². The Hall–Kier alpha value is -3.47. The molecule has 0 bridgehead atoms. The van der Waals surface area contributed by atoms with Crippen LogP contribution in [0.2, 0.25) is 0 Å². The van der Waals surface area contributed by atoms with Gasteiger partial charge in [-0.25, -0.2) is 0 Å². The zero-order valence-corrected chi connectivity index (χ0v) is 16.4. The Morgan fingerprint density at radius 2 is 1.86 bits per heavy atom. The minimum Gasteiger partial charge on any atom is -0.334 e. The highest BCUT2D eigenvalue weighted by molar-refractivity contribution is 6.00. The highest BCUT2D eigenvalue weighted by Gasteiger charge is 2.29. The van der Waals surface area contributed by atoms with E-state index in [4.69, 9.17) is 4.98 Å². The van der Waals surface area contributed by atoms with Gasteiger partial charge >= 0.3 is 0 Å². The van der Waals surface area contributed by atoms with Crippen LogP contribution >= 0.6 is 0 Å². The number of rotatable bonds is 5. The molecule has 1 aliphatic heterocycles. The minimum absolute atomic E-state index is 0.102. The highest BCUT2D eigenvalue weighted by Crippen LogP contribution is 2.32. The van der Waals surface area contributed by atoms with E-state index in [9.17, 15) is 4.79 Å². The lowest BCUT2D eigenvalue weighted by Gasteiger charge is -2.15. The van der Waals surface area contributed by atoms with Crippen LogP contribution < -0.4 is 0 Å². The van der Waals surface area contributed by atoms with Gasteiger partial charge in [0, 0.05) is 54.5 Å². The molecular weight excluding hydrogens is 360 g/mol. The molecule has 0 saturated carbocycles. The normalized spacial score (nSPS) is 13.3. The fourth-order valence-electron chi connectivity index (χ4n) is 4.01. The average Bonchev–Trinajstić information content (AvgIpc) is 3.37. The Labute approximate surface area is 169 Å². The average molecular weight is 382 g/mol. The summed E-state index contributed by atoms with van der Waals surface area (Å²) in [7, 11) is 0. The molecule has 2 aromatic heterocycles. The van der Waals surface area contributed by atoms with E-state index in [-0.39, 0.29) is 5.91 Å². The number of amides is 1. The van der Waals surface area contributed by atoms with Gasteiger partial charge < -0.3 is 4.90 Å². The van der Waals surface area contributed by atoms with Crippen LogP contribution in [0.25, 0.3) is 22.0 Å². The van der Waals surface area contributed by atoms with E-state index in [1.54, 1.807) is 0 Å². The number of benzene rings is 2. The van der Waals surface area contributed by atoms with Gasteiger partial charge in [-0.15, -0.1) is 0 Å². The molecule has 0 atom stereocenters. The maximum atomic E-state index is 13.0. The third-order valence-corrected chi connectivity index (χ3v) is 5.60. The lowest BCUT2D eigenvalue weighted by Crippen LogP contribution is -2.26. The van der Waals surface area contributed by atoms with Gasteiger partial charge in [0.1, 0.15) is 0 Å². The first-order valence-corrected chi connectivity index (χ1v) is 10.0. The first-order valence-electron chi connectivity index (χ1n) is 10.0. The molecule has 0 aliphatic carbocycles. The van der Waals surface area contributed by atoms with E-state index in [2.05, 4.69) is 36.3 Å². The molecule has 0 N–H and O–H groups in total. The largest absolute Gasteiger partial charge is 0.334 e. The molecule has 29 heavy (non-hydrogen) atoms. The molecule has 0 fully saturated rings. The molecule has 5 rings (SSSR count). The molecule has 5 nitrogen and oxygen atoms in total. The number of para-hydroxylation sites is 1. The van der Waals surface area contributed by atoms with Crippen LogP contribution in [0.15, 0.2) is 67.0 Å². The molecule has 5 heteroatoms. The van der Waals surface area contributed by atoms with Crippen molar-refractivity contribution in [2.45, 2.75) is 26.4 Å². The lowest BCUT2D eigenvalue weighted by atomic mass is 9.99. The van der Waals surface area contributed by atoms with Crippen molar-refractivity contribution in [2.24, 2.45) is 0 Å². The predicted octanol–water partition coefficient (Wildman–Crippen LogP) is 4.32. The van der Waals surface area contributed by atoms with Gasteiger partial charge in [0.2, 0.25) is 0 Å². The lowest BCUT2D eigenvalue weighted by molar-refractivity contribution is 0.0780. The predicted molar refractivity (Wildman–Crippen MR) is 114 cm³/mol. The first-order chi connectivity index (χ1) is 14.2. The maximum absolute atomic E-state index is 13.0. The molecule has 0 spiro atoms. The van der Waals surface area contributed by atoms with Crippen molar-refractivity contribution >= 4 is 16.8 Å². The van der Waals surface area contributed by atoms with Crippen LogP contribution in [0.5, 0.6) is 0 Å². The van der Waals surface area contributed by atoms with Gasteiger partial charge in [-0.2, -0.15) is 5.10 Å². The number of hydrogen-bond acceptors (Lipinski definition) is 3. The van der Waals surface area contributed by atoms with Gasteiger partial charge in [0.15, 0.2) is 0 Å².